The summed E-state index contributed by atoms with van der Waals surface area (Å²) in [5.41, 5.74) is -0.584. The zero-order valence-corrected chi connectivity index (χ0v) is 25.1. The van der Waals surface area contributed by atoms with Gasteiger partial charge in [-0.1, -0.05) is 65.8 Å². The van der Waals surface area contributed by atoms with Crippen LogP contribution in [-0.4, -0.2) is 70.9 Å². The number of rotatable bonds is 10. The van der Waals surface area contributed by atoms with Crippen molar-refractivity contribution in [1.29, 1.82) is 0 Å². The van der Waals surface area contributed by atoms with Crippen LogP contribution in [0.4, 0.5) is 18.3 Å². The van der Waals surface area contributed by atoms with Crippen molar-refractivity contribution in [2.45, 2.75) is 36.5 Å². The summed E-state index contributed by atoms with van der Waals surface area (Å²) in [6.45, 7) is 0. The average molecular weight is 681 g/mol. The van der Waals surface area contributed by atoms with Crippen LogP contribution in [-0.2, 0) is 38.3 Å². The Morgan fingerprint density at radius 3 is 2.24 bits per heavy atom. The number of nitrogens with one attached hydrogen (secondary N) is 1. The Balaban J connectivity index is 1.48. The minimum Gasteiger partial charge on any atom is -0.448 e. The van der Waals surface area contributed by atoms with Crippen LogP contribution in [0.25, 0.3) is 0 Å². The molecule has 242 valence electrons. The predicted molar refractivity (Wildman–Crippen MR) is 154 cm³/mol. The number of hydrogen-bond donors (Lipinski definition) is 2. The summed E-state index contributed by atoms with van der Waals surface area (Å²) in [5.74, 6) is -4.40. The Kier molecular flexibility index (Phi) is 8.97. The lowest BCUT2D eigenvalue weighted by Gasteiger charge is -2.49. The van der Waals surface area contributed by atoms with Crippen molar-refractivity contribution in [2.24, 2.45) is 5.16 Å². The lowest BCUT2D eigenvalue weighted by atomic mass is 9.85. The van der Waals surface area contributed by atoms with Gasteiger partial charge in [-0.15, -0.1) is 0 Å². The predicted octanol–water partition coefficient (Wildman–Crippen LogP) is 2.37. The number of nitrogen functional groups attached to an aromatic ring is 1. The van der Waals surface area contributed by atoms with E-state index in [1.54, 1.807) is 60.7 Å². The number of hydrogen-bond acceptors (Lipinski definition) is 13. The number of esters is 1. The molecule has 2 atom stereocenters. The maximum Gasteiger partial charge on any atom is 0.534 e. The maximum atomic E-state index is 13.8. The van der Waals surface area contributed by atoms with Gasteiger partial charge in [-0.25, -0.2) is 4.79 Å². The van der Waals surface area contributed by atoms with Gasteiger partial charge in [0.25, 0.3) is 11.8 Å². The van der Waals surface area contributed by atoms with Crippen molar-refractivity contribution in [3.05, 3.63) is 89.1 Å². The summed E-state index contributed by atoms with van der Waals surface area (Å²) < 4.78 is 77.9. The monoisotopic (exact) mass is 680 g/mol. The van der Waals surface area contributed by atoms with E-state index in [-0.39, 0.29) is 17.4 Å². The number of nitrogens with two attached hydrogens (primary N) is 1. The second-order valence-corrected chi connectivity index (χ2v) is 12.0. The Hall–Kier alpha value is -5.04. The van der Waals surface area contributed by atoms with E-state index in [1.165, 1.54) is 0 Å². The minimum atomic E-state index is -6.24. The third-order valence-corrected chi connectivity index (χ3v) is 8.38. The average Bonchev–Trinajstić information content (AvgIpc) is 3.46. The van der Waals surface area contributed by atoms with Crippen LogP contribution in [0.2, 0.25) is 0 Å². The number of alkyl halides is 3. The van der Waals surface area contributed by atoms with E-state index in [0.29, 0.717) is 11.1 Å². The second-order valence-electron chi connectivity index (χ2n) is 9.71. The van der Waals surface area contributed by atoms with Gasteiger partial charge in [0.2, 0.25) is 11.5 Å². The van der Waals surface area contributed by atoms with E-state index in [9.17, 15) is 36.0 Å². The summed E-state index contributed by atoms with van der Waals surface area (Å²) >= 11 is 0.769. The number of aromatic nitrogens is 2. The molecule has 14 nitrogen and oxygen atoms in total. The molecule has 0 spiro atoms. The number of carbonyl (C=O) groups excluding carboxylic acids is 3. The van der Waals surface area contributed by atoms with Gasteiger partial charge in [0.05, 0.1) is 6.04 Å². The van der Waals surface area contributed by atoms with Crippen molar-refractivity contribution >= 4 is 50.3 Å². The van der Waals surface area contributed by atoms with Gasteiger partial charge in [0.1, 0.15) is 13.2 Å². The fourth-order valence-electron chi connectivity index (χ4n) is 4.84. The zero-order valence-electron chi connectivity index (χ0n) is 23.5. The molecule has 3 aromatic rings. The lowest BCUT2D eigenvalue weighted by Crippen LogP contribution is -2.72. The fraction of sp³-hybridized carbons (Fsp3) is 0.259. The second kappa shape index (κ2) is 12.8. The number of β-lactam (4-membered cyclic amide) rings is 1. The number of nitrogens with zero attached hydrogens (tertiary/aromatic N) is 4. The number of allylic oxidation sites excluding steroid dienone is 1. The molecule has 0 radical (unpaired) electrons. The minimum absolute atomic E-state index is 0.0173. The normalized spacial score (nSPS) is 18.5. The highest BCUT2D eigenvalue weighted by atomic mass is 32.2. The molecule has 3 N–H and O–H groups in total. The summed E-state index contributed by atoms with van der Waals surface area (Å²) in [5, 5.41) is 6.03. The first-order valence-electron chi connectivity index (χ1n) is 13.2. The summed E-state index contributed by atoms with van der Waals surface area (Å²) in [6.07, 6.45) is -1.85. The lowest BCUT2D eigenvalue weighted by molar-refractivity contribution is -0.159. The van der Waals surface area contributed by atoms with Gasteiger partial charge < -0.3 is 24.8 Å². The molecule has 1 aromatic heterocycles. The fourth-order valence-corrected chi connectivity index (χ4v) is 5.80. The van der Waals surface area contributed by atoms with Crippen molar-refractivity contribution < 1.29 is 49.7 Å². The molecule has 19 heteroatoms. The number of fused-ring (bicyclic) bond motifs is 1. The van der Waals surface area contributed by atoms with Crippen LogP contribution in [0, 0.1) is 0 Å². The van der Waals surface area contributed by atoms with E-state index in [0.717, 1.165) is 23.5 Å². The van der Waals surface area contributed by atoms with Gasteiger partial charge in [0, 0.05) is 18.0 Å². The van der Waals surface area contributed by atoms with Crippen molar-refractivity contribution in [3.8, 4) is 0 Å². The number of oxime groups is 1. The van der Waals surface area contributed by atoms with Gasteiger partial charge in [-0.3, -0.25) is 14.5 Å². The van der Waals surface area contributed by atoms with Crippen LogP contribution < -0.4 is 11.1 Å². The van der Waals surface area contributed by atoms with E-state index in [1.807, 2.05) is 0 Å². The molecule has 0 bridgehead atoms. The van der Waals surface area contributed by atoms with Crippen molar-refractivity contribution in [1.82, 2.24) is 19.6 Å². The van der Waals surface area contributed by atoms with Gasteiger partial charge >= 0.3 is 21.6 Å². The van der Waals surface area contributed by atoms with Gasteiger partial charge in [0.15, 0.2) is 22.7 Å². The number of ether oxygens (including phenoxy) is 1. The maximum absolute atomic E-state index is 13.8. The molecule has 46 heavy (non-hydrogen) atoms. The van der Waals surface area contributed by atoms with E-state index < -0.39 is 75.2 Å². The van der Waals surface area contributed by atoms with Crippen LogP contribution in [0.1, 0.15) is 35.9 Å². The third-order valence-electron chi connectivity index (χ3n) is 6.85. The van der Waals surface area contributed by atoms with Crippen molar-refractivity contribution in [3.63, 3.8) is 0 Å². The Morgan fingerprint density at radius 2 is 1.72 bits per heavy atom. The SMILES string of the molecule is CON=C(C(=O)N[C@@H]1C(=O)N2C(C(=O)OC(c3ccccc3)c3ccccc3)=C(OS(=O)(=O)C(F)(F)F)CC[C@H]12)c1nsc(N)n1. The summed E-state index contributed by atoms with van der Waals surface area (Å²) in [7, 11) is -5.09. The molecule has 5 rings (SSSR count). The number of anilines is 1. The molecule has 1 fully saturated rings. The summed E-state index contributed by atoms with van der Waals surface area (Å²) in [4.78, 5) is 49.5. The Morgan fingerprint density at radius 1 is 1.11 bits per heavy atom. The first kappa shape index (κ1) is 32.4. The molecule has 0 aliphatic carbocycles. The largest absolute Gasteiger partial charge is 0.534 e. The van der Waals surface area contributed by atoms with Crippen molar-refractivity contribution in [2.75, 3.05) is 12.8 Å². The Labute approximate surface area is 262 Å². The highest BCUT2D eigenvalue weighted by Gasteiger charge is 2.57. The topological polar surface area (TPSA) is 192 Å². The molecule has 1 saturated heterocycles. The number of halogens is 3. The van der Waals surface area contributed by atoms with E-state index in [2.05, 4.69) is 28.9 Å². The zero-order chi connectivity index (χ0) is 33.2. The molecule has 2 aliphatic heterocycles. The highest BCUT2D eigenvalue weighted by Crippen LogP contribution is 2.41. The molecular formula is C27H23F3N6O8S2. The van der Waals surface area contributed by atoms with Crippen LogP contribution in [0.3, 0.4) is 0 Å². The molecule has 2 amide bonds. The smallest absolute Gasteiger partial charge is 0.448 e. The number of amides is 2. The third kappa shape index (κ3) is 6.36. The molecule has 0 saturated carbocycles. The number of carbonyl (C=O) groups is 3. The molecule has 0 unspecified atom stereocenters. The van der Waals surface area contributed by atoms with E-state index >= 15 is 0 Å². The highest BCUT2D eigenvalue weighted by molar-refractivity contribution is 7.87. The van der Waals surface area contributed by atoms with Gasteiger partial charge in [-0.2, -0.15) is 30.9 Å². The van der Waals surface area contributed by atoms with Crippen LogP contribution in [0.5, 0.6) is 0 Å². The van der Waals surface area contributed by atoms with Crippen LogP contribution in [0.15, 0.2) is 77.3 Å². The first-order chi connectivity index (χ1) is 21.8. The summed E-state index contributed by atoms with van der Waals surface area (Å²) in [6, 6.07) is 14.3. The molecule has 2 aliphatic rings. The Bertz CT molecular complexity index is 1780. The standard InChI is InChI=1S/C27H23F3N6O8S2/c1-42-34-19(22-33-26(31)45-35-22)23(37)32-18-16-12-13-17(44-46(40,41)27(28,29)30)20(36(16)24(18)38)25(39)43-21(14-8-4-2-5-9-14)15-10-6-3-7-11-15/h2-11,16,18,21H,12-13H2,1H3,(H,32,37)(H2,31,33,35)/t16-,18+/m1/s1. The van der Waals surface area contributed by atoms with Gasteiger partial charge in [-0.05, 0) is 17.5 Å². The molecule has 3 heterocycles. The first-order valence-corrected chi connectivity index (χ1v) is 15.4. The molecular weight excluding hydrogens is 657 g/mol. The van der Waals surface area contributed by atoms with Crippen LogP contribution >= 0.6 is 11.5 Å². The quantitative estimate of drug-likeness (QED) is 0.0798. The van der Waals surface area contributed by atoms with E-state index in [4.69, 9.17) is 10.5 Å². The number of benzene rings is 2. The molecule has 2 aromatic carbocycles.